The molecule has 1 saturated heterocycles. The number of hydrogen-bond donors (Lipinski definition) is 1. The zero-order valence-corrected chi connectivity index (χ0v) is 15.3. The maximum atomic E-state index is 13.7. The first-order chi connectivity index (χ1) is 13.4. The third-order valence-corrected chi connectivity index (χ3v) is 4.73. The van der Waals surface area contributed by atoms with Crippen molar-refractivity contribution in [1.29, 1.82) is 0 Å². The van der Waals surface area contributed by atoms with Crippen molar-refractivity contribution in [2.75, 3.05) is 13.1 Å². The largest absolute Gasteiger partial charge is 0.474 e. The van der Waals surface area contributed by atoms with Gasteiger partial charge in [0.15, 0.2) is 11.6 Å². The normalized spacial score (nSPS) is 16.1. The van der Waals surface area contributed by atoms with Crippen molar-refractivity contribution in [2.24, 2.45) is 5.73 Å². The number of pyridine rings is 1. The van der Waals surface area contributed by atoms with Gasteiger partial charge in [0.2, 0.25) is 11.8 Å². The number of rotatable bonds is 6. The van der Waals surface area contributed by atoms with Crippen LogP contribution in [0.1, 0.15) is 24.8 Å². The number of halogens is 3. The van der Waals surface area contributed by atoms with E-state index in [1.807, 2.05) is 12.1 Å². The third kappa shape index (κ3) is 5.22. The smallest absolute Gasteiger partial charge is 0.224 e. The van der Waals surface area contributed by atoms with Crippen molar-refractivity contribution in [3.05, 3.63) is 59.5 Å². The molecule has 0 spiro atoms. The average molecular weight is 393 g/mol. The van der Waals surface area contributed by atoms with E-state index >= 15 is 0 Å². The van der Waals surface area contributed by atoms with Gasteiger partial charge >= 0.3 is 0 Å². The number of likely N-dealkylation sites (tertiary alicyclic amines) is 1. The summed E-state index contributed by atoms with van der Waals surface area (Å²) in [6.07, 6.45) is 2.96. The number of carbonyl (C=O) groups excluding carboxylic acids is 1. The van der Waals surface area contributed by atoms with Crippen molar-refractivity contribution in [2.45, 2.75) is 37.8 Å². The Morgan fingerprint density at radius 1 is 1.18 bits per heavy atom. The summed E-state index contributed by atoms with van der Waals surface area (Å²) in [5.74, 6) is -2.84. The van der Waals surface area contributed by atoms with Crippen LogP contribution >= 0.6 is 0 Å². The van der Waals surface area contributed by atoms with Crippen LogP contribution in [0.3, 0.4) is 0 Å². The molecule has 28 heavy (non-hydrogen) atoms. The molecule has 0 aliphatic carbocycles. The highest BCUT2D eigenvalue weighted by molar-refractivity contribution is 5.77. The molecule has 1 fully saturated rings. The lowest BCUT2D eigenvalue weighted by Crippen LogP contribution is -2.44. The number of nitrogens with zero attached hydrogens (tertiary/aromatic N) is 2. The zero-order chi connectivity index (χ0) is 20.1. The molecule has 2 aromatic rings. The fourth-order valence-electron chi connectivity index (χ4n) is 3.24. The molecular weight excluding hydrogens is 371 g/mol. The number of hydrogen-bond acceptors (Lipinski definition) is 4. The van der Waals surface area contributed by atoms with Crippen LogP contribution in [0.2, 0.25) is 0 Å². The number of benzene rings is 1. The van der Waals surface area contributed by atoms with Gasteiger partial charge in [-0.15, -0.1) is 0 Å². The minimum absolute atomic E-state index is 0.00417. The SMILES string of the molecule is N[C@@H](CC(=O)N1CCC(Oc2ccccn2)CC1)Cc1cc(F)c(F)cc1F. The summed E-state index contributed by atoms with van der Waals surface area (Å²) in [5, 5.41) is 0. The van der Waals surface area contributed by atoms with Gasteiger partial charge in [0, 0.05) is 56.7 Å². The molecule has 2 N–H and O–H groups in total. The minimum Gasteiger partial charge on any atom is -0.474 e. The van der Waals surface area contributed by atoms with E-state index in [9.17, 15) is 18.0 Å². The van der Waals surface area contributed by atoms with Gasteiger partial charge in [-0.05, 0) is 24.1 Å². The summed E-state index contributed by atoms with van der Waals surface area (Å²) in [4.78, 5) is 18.3. The maximum absolute atomic E-state index is 13.7. The van der Waals surface area contributed by atoms with Gasteiger partial charge in [-0.3, -0.25) is 4.79 Å². The molecule has 5 nitrogen and oxygen atoms in total. The Bertz CT molecular complexity index is 812. The molecular formula is C20H22F3N3O2. The monoisotopic (exact) mass is 393 g/mol. The first-order valence-electron chi connectivity index (χ1n) is 9.17. The first kappa shape index (κ1) is 20.1. The predicted octanol–water partition coefficient (Wildman–Crippen LogP) is 2.83. The van der Waals surface area contributed by atoms with E-state index in [1.54, 1.807) is 17.2 Å². The molecule has 8 heteroatoms. The van der Waals surface area contributed by atoms with Crippen LogP contribution in [0.15, 0.2) is 36.5 Å². The quantitative estimate of drug-likeness (QED) is 0.767. The van der Waals surface area contributed by atoms with Crippen LogP contribution in [0.5, 0.6) is 5.88 Å². The second-order valence-corrected chi connectivity index (χ2v) is 6.89. The fraction of sp³-hybridized carbons (Fsp3) is 0.400. The fourth-order valence-corrected chi connectivity index (χ4v) is 3.24. The summed E-state index contributed by atoms with van der Waals surface area (Å²) in [6, 6.07) is 6.03. The Balaban J connectivity index is 1.47. The van der Waals surface area contributed by atoms with E-state index in [2.05, 4.69) is 4.98 Å². The van der Waals surface area contributed by atoms with Crippen LogP contribution in [-0.4, -0.2) is 41.0 Å². The number of piperidine rings is 1. The highest BCUT2D eigenvalue weighted by Crippen LogP contribution is 2.19. The molecule has 1 aliphatic heterocycles. The van der Waals surface area contributed by atoms with Crippen molar-refractivity contribution >= 4 is 5.91 Å². The van der Waals surface area contributed by atoms with Gasteiger partial charge in [-0.1, -0.05) is 6.07 Å². The molecule has 1 aromatic carbocycles. The second kappa shape index (κ2) is 9.05. The van der Waals surface area contributed by atoms with E-state index in [-0.39, 0.29) is 30.4 Å². The van der Waals surface area contributed by atoms with E-state index < -0.39 is 23.5 Å². The van der Waals surface area contributed by atoms with E-state index in [1.165, 1.54) is 0 Å². The van der Waals surface area contributed by atoms with Gasteiger partial charge in [-0.25, -0.2) is 18.2 Å². The Hall–Kier alpha value is -2.61. The number of aromatic nitrogens is 1. The van der Waals surface area contributed by atoms with Gasteiger partial charge in [-0.2, -0.15) is 0 Å². The van der Waals surface area contributed by atoms with Crippen LogP contribution in [0.4, 0.5) is 13.2 Å². The van der Waals surface area contributed by atoms with Crippen molar-refractivity contribution in [3.63, 3.8) is 0 Å². The topological polar surface area (TPSA) is 68.5 Å². The van der Waals surface area contributed by atoms with Crippen molar-refractivity contribution in [1.82, 2.24) is 9.88 Å². The minimum atomic E-state index is -1.25. The second-order valence-electron chi connectivity index (χ2n) is 6.89. The Morgan fingerprint density at radius 3 is 2.57 bits per heavy atom. The van der Waals surface area contributed by atoms with Crippen LogP contribution in [0.25, 0.3) is 0 Å². The summed E-state index contributed by atoms with van der Waals surface area (Å²) in [6.45, 7) is 1.06. The van der Waals surface area contributed by atoms with E-state index in [4.69, 9.17) is 10.5 Å². The Kier molecular flexibility index (Phi) is 6.51. The lowest BCUT2D eigenvalue weighted by atomic mass is 10.0. The summed E-state index contributed by atoms with van der Waals surface area (Å²) in [5.41, 5.74) is 5.90. The lowest BCUT2D eigenvalue weighted by molar-refractivity contribution is -0.133. The molecule has 0 bridgehead atoms. The highest BCUT2D eigenvalue weighted by atomic mass is 19.2. The number of carbonyl (C=O) groups is 1. The third-order valence-electron chi connectivity index (χ3n) is 4.73. The molecule has 1 atom stereocenters. The van der Waals surface area contributed by atoms with Gasteiger partial charge in [0.25, 0.3) is 0 Å². The molecule has 2 heterocycles. The predicted molar refractivity (Wildman–Crippen MR) is 97.1 cm³/mol. The van der Waals surface area contributed by atoms with E-state index in [0.29, 0.717) is 37.9 Å². The highest BCUT2D eigenvalue weighted by Gasteiger charge is 2.25. The molecule has 3 rings (SSSR count). The number of amides is 1. The molecule has 1 aliphatic rings. The van der Waals surface area contributed by atoms with Crippen molar-refractivity contribution < 1.29 is 22.7 Å². The van der Waals surface area contributed by atoms with Gasteiger partial charge in [0.1, 0.15) is 11.9 Å². The van der Waals surface area contributed by atoms with Crippen molar-refractivity contribution in [3.8, 4) is 5.88 Å². The molecule has 150 valence electrons. The Morgan fingerprint density at radius 2 is 1.89 bits per heavy atom. The van der Waals surface area contributed by atoms with Crippen LogP contribution < -0.4 is 10.5 Å². The molecule has 1 amide bonds. The van der Waals surface area contributed by atoms with Crippen LogP contribution in [0, 0.1) is 17.5 Å². The van der Waals surface area contributed by atoms with Gasteiger partial charge in [0.05, 0.1) is 0 Å². The molecule has 0 radical (unpaired) electrons. The lowest BCUT2D eigenvalue weighted by Gasteiger charge is -2.32. The molecule has 0 saturated carbocycles. The molecule has 0 unspecified atom stereocenters. The number of nitrogens with two attached hydrogens (primary N) is 1. The van der Waals surface area contributed by atoms with E-state index in [0.717, 1.165) is 6.07 Å². The summed E-state index contributed by atoms with van der Waals surface area (Å²) >= 11 is 0. The average Bonchev–Trinajstić information content (AvgIpc) is 2.67. The summed E-state index contributed by atoms with van der Waals surface area (Å²) in [7, 11) is 0. The summed E-state index contributed by atoms with van der Waals surface area (Å²) < 4.78 is 45.8. The molecule has 1 aromatic heterocycles. The zero-order valence-electron chi connectivity index (χ0n) is 15.3. The Labute approximate surface area is 161 Å². The standard InChI is InChI=1S/C20H22F3N3O2/c21-16-12-18(23)17(22)10-13(16)9-14(24)11-20(27)26-7-4-15(5-8-26)28-19-3-1-2-6-25-19/h1-3,6,10,12,14-15H,4-5,7-9,11,24H2/t14-/m1/s1. The van der Waals surface area contributed by atoms with Gasteiger partial charge < -0.3 is 15.4 Å². The first-order valence-corrected chi connectivity index (χ1v) is 9.17. The number of ether oxygens (including phenoxy) is 1. The van der Waals surface area contributed by atoms with Crippen LogP contribution in [-0.2, 0) is 11.2 Å². The maximum Gasteiger partial charge on any atom is 0.224 e.